The molecule has 4 heteroatoms. The Hall–Kier alpha value is -1.55. The molecule has 0 bridgehead atoms. The molecule has 0 heterocycles. The zero-order valence-electron chi connectivity index (χ0n) is 10.3. The Labute approximate surface area is 102 Å². The smallest absolute Gasteiger partial charge is 0.327 e. The van der Waals surface area contributed by atoms with Gasteiger partial charge in [0.1, 0.15) is 11.8 Å². The molecule has 0 saturated carbocycles. The summed E-state index contributed by atoms with van der Waals surface area (Å²) >= 11 is 0. The van der Waals surface area contributed by atoms with E-state index in [1.807, 2.05) is 25.1 Å². The van der Waals surface area contributed by atoms with Crippen molar-refractivity contribution in [2.45, 2.75) is 26.3 Å². The van der Waals surface area contributed by atoms with Gasteiger partial charge in [0, 0.05) is 5.56 Å². The minimum absolute atomic E-state index is 0.324. The summed E-state index contributed by atoms with van der Waals surface area (Å²) < 4.78 is 10.4. The second-order valence-corrected chi connectivity index (χ2v) is 3.62. The quantitative estimate of drug-likeness (QED) is 0.769. The van der Waals surface area contributed by atoms with E-state index in [1.54, 1.807) is 13.0 Å². The second kappa shape index (κ2) is 6.91. The Kier molecular flexibility index (Phi) is 5.49. The maximum atomic E-state index is 11.6. The summed E-state index contributed by atoms with van der Waals surface area (Å²) in [5.41, 5.74) is 6.51. The molecular weight excluding hydrogens is 218 g/mol. The molecule has 0 aromatic heterocycles. The Morgan fingerprint density at radius 2 is 2.06 bits per heavy atom. The summed E-state index contributed by atoms with van der Waals surface area (Å²) in [5, 5.41) is 0. The molecule has 1 aromatic carbocycles. The van der Waals surface area contributed by atoms with Gasteiger partial charge in [-0.1, -0.05) is 25.1 Å². The molecule has 0 aliphatic heterocycles. The number of rotatable bonds is 6. The van der Waals surface area contributed by atoms with E-state index in [1.165, 1.54) is 0 Å². The molecule has 0 saturated heterocycles. The first-order valence-electron chi connectivity index (χ1n) is 5.84. The Morgan fingerprint density at radius 1 is 1.35 bits per heavy atom. The van der Waals surface area contributed by atoms with Crippen LogP contribution in [0.2, 0.25) is 0 Å². The van der Waals surface area contributed by atoms with Gasteiger partial charge < -0.3 is 15.2 Å². The van der Waals surface area contributed by atoms with E-state index in [2.05, 4.69) is 0 Å². The third-order valence-corrected chi connectivity index (χ3v) is 2.26. The molecule has 0 fully saturated rings. The number of ether oxygens (including phenoxy) is 2. The highest BCUT2D eigenvalue weighted by atomic mass is 16.5. The molecule has 94 valence electrons. The van der Waals surface area contributed by atoms with Crippen LogP contribution in [0.1, 0.15) is 31.9 Å². The van der Waals surface area contributed by atoms with Crippen LogP contribution in [0, 0.1) is 0 Å². The molecule has 0 aliphatic carbocycles. The molecule has 1 aromatic rings. The van der Waals surface area contributed by atoms with Crippen LogP contribution >= 0.6 is 0 Å². The van der Waals surface area contributed by atoms with Crippen molar-refractivity contribution in [1.82, 2.24) is 0 Å². The van der Waals surface area contributed by atoms with E-state index in [0.29, 0.717) is 24.5 Å². The molecule has 17 heavy (non-hydrogen) atoms. The minimum Gasteiger partial charge on any atom is -0.493 e. The predicted octanol–water partition coefficient (Wildman–Crippen LogP) is 2.04. The molecule has 0 aliphatic rings. The van der Waals surface area contributed by atoms with Gasteiger partial charge in [0.05, 0.1) is 13.2 Å². The molecule has 1 atom stereocenters. The van der Waals surface area contributed by atoms with Crippen LogP contribution in [0.25, 0.3) is 0 Å². The first-order valence-corrected chi connectivity index (χ1v) is 5.84. The highest BCUT2D eigenvalue weighted by molar-refractivity contribution is 5.78. The van der Waals surface area contributed by atoms with Crippen molar-refractivity contribution in [2.24, 2.45) is 5.73 Å². The number of hydrogen-bond donors (Lipinski definition) is 1. The number of hydrogen-bond acceptors (Lipinski definition) is 4. The van der Waals surface area contributed by atoms with Gasteiger partial charge in [-0.2, -0.15) is 0 Å². The first-order chi connectivity index (χ1) is 8.20. The molecule has 0 unspecified atom stereocenters. The van der Waals surface area contributed by atoms with Gasteiger partial charge in [-0.25, -0.2) is 4.79 Å². The predicted molar refractivity (Wildman–Crippen MR) is 65.8 cm³/mol. The van der Waals surface area contributed by atoms with Crippen LogP contribution in [-0.4, -0.2) is 19.2 Å². The van der Waals surface area contributed by atoms with Gasteiger partial charge in [-0.05, 0) is 19.4 Å². The van der Waals surface area contributed by atoms with E-state index in [9.17, 15) is 4.79 Å². The first kappa shape index (κ1) is 13.5. The Morgan fingerprint density at radius 3 is 2.71 bits per heavy atom. The van der Waals surface area contributed by atoms with Crippen LogP contribution in [-0.2, 0) is 9.53 Å². The summed E-state index contributed by atoms with van der Waals surface area (Å²) in [5.74, 6) is 0.218. The maximum Gasteiger partial charge on any atom is 0.327 e. The van der Waals surface area contributed by atoms with Crippen LogP contribution in [0.3, 0.4) is 0 Å². The SMILES string of the molecule is CCCOc1ccccc1[C@H](N)C(=O)OCC. The van der Waals surface area contributed by atoms with E-state index in [4.69, 9.17) is 15.2 Å². The van der Waals surface area contributed by atoms with Gasteiger partial charge in [0.15, 0.2) is 0 Å². The number of carbonyl (C=O) groups excluding carboxylic acids is 1. The lowest BCUT2D eigenvalue weighted by molar-refractivity contribution is -0.144. The third-order valence-electron chi connectivity index (χ3n) is 2.26. The third kappa shape index (κ3) is 3.75. The number of para-hydroxylation sites is 1. The van der Waals surface area contributed by atoms with Crippen LogP contribution in [0.15, 0.2) is 24.3 Å². The number of carbonyl (C=O) groups is 1. The average Bonchev–Trinajstić information content (AvgIpc) is 2.36. The minimum atomic E-state index is -0.789. The van der Waals surface area contributed by atoms with Gasteiger partial charge >= 0.3 is 5.97 Å². The van der Waals surface area contributed by atoms with Crippen molar-refractivity contribution in [3.8, 4) is 5.75 Å². The summed E-state index contributed by atoms with van der Waals surface area (Å²) in [4.78, 5) is 11.6. The van der Waals surface area contributed by atoms with Crippen molar-refractivity contribution in [3.05, 3.63) is 29.8 Å². The normalized spacial score (nSPS) is 11.9. The standard InChI is InChI=1S/C13H19NO3/c1-3-9-17-11-8-6-5-7-10(11)12(14)13(15)16-4-2/h5-8,12H,3-4,9,14H2,1-2H3/t12-/m0/s1. The van der Waals surface area contributed by atoms with Gasteiger partial charge in [0.25, 0.3) is 0 Å². The Bertz CT molecular complexity index is 365. The van der Waals surface area contributed by atoms with E-state index < -0.39 is 12.0 Å². The fourth-order valence-electron chi connectivity index (χ4n) is 1.44. The van der Waals surface area contributed by atoms with E-state index in [-0.39, 0.29) is 0 Å². The molecular formula is C13H19NO3. The number of nitrogens with two attached hydrogens (primary N) is 1. The van der Waals surface area contributed by atoms with Gasteiger partial charge in [-0.3, -0.25) is 0 Å². The lowest BCUT2D eigenvalue weighted by Gasteiger charge is -2.15. The zero-order chi connectivity index (χ0) is 12.7. The van der Waals surface area contributed by atoms with E-state index in [0.717, 1.165) is 6.42 Å². The summed E-state index contributed by atoms with van der Waals surface area (Å²) in [7, 11) is 0. The van der Waals surface area contributed by atoms with Crippen molar-refractivity contribution in [2.75, 3.05) is 13.2 Å². The monoisotopic (exact) mass is 237 g/mol. The number of benzene rings is 1. The summed E-state index contributed by atoms with van der Waals surface area (Å²) in [6.07, 6.45) is 0.906. The van der Waals surface area contributed by atoms with Crippen LogP contribution < -0.4 is 10.5 Å². The molecule has 0 spiro atoms. The topological polar surface area (TPSA) is 61.5 Å². The number of esters is 1. The molecule has 0 radical (unpaired) electrons. The second-order valence-electron chi connectivity index (χ2n) is 3.62. The molecule has 2 N–H and O–H groups in total. The molecule has 1 rings (SSSR count). The lowest BCUT2D eigenvalue weighted by atomic mass is 10.1. The lowest BCUT2D eigenvalue weighted by Crippen LogP contribution is -2.24. The van der Waals surface area contributed by atoms with Gasteiger partial charge in [0.2, 0.25) is 0 Å². The van der Waals surface area contributed by atoms with Crippen molar-refractivity contribution >= 4 is 5.97 Å². The van der Waals surface area contributed by atoms with Crippen LogP contribution in [0.5, 0.6) is 5.75 Å². The fourth-order valence-corrected chi connectivity index (χ4v) is 1.44. The highest BCUT2D eigenvalue weighted by Crippen LogP contribution is 2.24. The van der Waals surface area contributed by atoms with Crippen molar-refractivity contribution in [1.29, 1.82) is 0 Å². The largest absolute Gasteiger partial charge is 0.493 e. The highest BCUT2D eigenvalue weighted by Gasteiger charge is 2.20. The van der Waals surface area contributed by atoms with Gasteiger partial charge in [-0.15, -0.1) is 0 Å². The summed E-state index contributed by atoms with van der Waals surface area (Å²) in [6, 6.07) is 6.49. The van der Waals surface area contributed by atoms with Crippen molar-refractivity contribution in [3.63, 3.8) is 0 Å². The Balaban J connectivity index is 2.84. The van der Waals surface area contributed by atoms with E-state index >= 15 is 0 Å². The van der Waals surface area contributed by atoms with Crippen molar-refractivity contribution < 1.29 is 14.3 Å². The fraction of sp³-hybridized carbons (Fsp3) is 0.462. The average molecular weight is 237 g/mol. The maximum absolute atomic E-state index is 11.6. The van der Waals surface area contributed by atoms with Crippen LogP contribution in [0.4, 0.5) is 0 Å². The molecule has 4 nitrogen and oxygen atoms in total. The zero-order valence-corrected chi connectivity index (χ0v) is 10.3. The summed E-state index contributed by atoms with van der Waals surface area (Å²) in [6.45, 7) is 4.70. The molecule has 0 amide bonds.